The van der Waals surface area contributed by atoms with Gasteiger partial charge in [0, 0.05) is 71.6 Å². The quantitative estimate of drug-likeness (QED) is 0.105. The third kappa shape index (κ3) is 10.4. The molecule has 3 aromatic carbocycles. The fraction of sp³-hybridized carbons (Fsp3) is 0.255. The van der Waals surface area contributed by atoms with Gasteiger partial charge >= 0.3 is 0 Å². The fourth-order valence-electron chi connectivity index (χ4n) is 6.97. The summed E-state index contributed by atoms with van der Waals surface area (Å²) in [4.78, 5) is 29.6. The van der Waals surface area contributed by atoms with Crippen LogP contribution in [-0.4, -0.2) is 30.8 Å². The Kier molecular flexibility index (Phi) is 13.9. The van der Waals surface area contributed by atoms with Crippen LogP contribution in [0.2, 0.25) is 0 Å². The van der Waals surface area contributed by atoms with Crippen LogP contribution in [0.5, 0.6) is 0 Å². The van der Waals surface area contributed by atoms with Gasteiger partial charge in [-0.3, -0.25) is 4.79 Å². The molecule has 0 fully saturated rings. The Balaban J connectivity index is 0.000000173. The summed E-state index contributed by atoms with van der Waals surface area (Å²) >= 11 is 0. The van der Waals surface area contributed by atoms with Crippen LogP contribution in [0.1, 0.15) is 79.3 Å². The molecular formula is C55H54IrN4O4-2. The minimum atomic E-state index is -0.417. The van der Waals surface area contributed by atoms with Crippen molar-refractivity contribution < 1.29 is 38.8 Å². The van der Waals surface area contributed by atoms with Crippen LogP contribution in [0, 0.1) is 36.8 Å². The zero-order chi connectivity index (χ0) is 45.3. The number of nitrogens with zero attached hydrogens (tertiary/aromatic N) is 4. The zero-order valence-corrected chi connectivity index (χ0v) is 40.7. The first-order chi connectivity index (χ1) is 29.8. The summed E-state index contributed by atoms with van der Waals surface area (Å²) in [6, 6.07) is 41.0. The Morgan fingerprint density at radius 1 is 0.609 bits per heavy atom. The number of furan rings is 2. The first-order valence-electron chi connectivity index (χ1n) is 21.1. The van der Waals surface area contributed by atoms with Gasteiger partial charge in [0.15, 0.2) is 5.78 Å². The SMILES string of the molecule is CC(C)(C)C(=O)/C=C(\O)C(C)(C)C.Cc1ccc2c(n1)oc1c(-c3ccc(-c4ccccc4C(C)(C)C)cn3)[c-]ccc12.Cc1ccc2c(n1)oc1c(-c3ccccn3)[c-]ccc12.[Ir]. The van der Waals surface area contributed by atoms with Crippen molar-refractivity contribution in [2.45, 2.75) is 81.6 Å². The molecule has 0 saturated heterocycles. The van der Waals surface area contributed by atoms with E-state index >= 15 is 0 Å². The van der Waals surface area contributed by atoms with E-state index in [2.05, 4.69) is 84.3 Å². The number of benzene rings is 3. The van der Waals surface area contributed by atoms with Crippen molar-refractivity contribution >= 4 is 49.9 Å². The summed E-state index contributed by atoms with van der Waals surface area (Å²) in [7, 11) is 0. The molecular weight excluding hydrogens is 973 g/mol. The number of ketones is 1. The largest absolute Gasteiger partial charge is 0.512 e. The van der Waals surface area contributed by atoms with Gasteiger partial charge in [-0.25, -0.2) is 9.97 Å². The number of aromatic nitrogens is 4. The number of carbonyl (C=O) groups excluding carboxylic acids is 1. The number of aliphatic hydroxyl groups is 1. The molecule has 0 bridgehead atoms. The van der Waals surface area contributed by atoms with E-state index in [-0.39, 0.29) is 42.5 Å². The van der Waals surface area contributed by atoms with Gasteiger partial charge in [0.2, 0.25) is 11.4 Å². The summed E-state index contributed by atoms with van der Waals surface area (Å²) in [5.41, 5.74) is 11.1. The van der Waals surface area contributed by atoms with Crippen molar-refractivity contribution in [2.24, 2.45) is 10.8 Å². The van der Waals surface area contributed by atoms with Crippen molar-refractivity contribution in [1.82, 2.24) is 19.9 Å². The number of pyridine rings is 4. The van der Waals surface area contributed by atoms with Crippen LogP contribution in [0.4, 0.5) is 0 Å². The summed E-state index contributed by atoms with van der Waals surface area (Å²) in [5, 5.41) is 13.7. The molecule has 329 valence electrons. The number of fused-ring (bicyclic) bond motifs is 6. The van der Waals surface area contributed by atoms with Crippen molar-refractivity contribution in [1.29, 1.82) is 0 Å². The molecule has 0 aliphatic rings. The van der Waals surface area contributed by atoms with E-state index in [9.17, 15) is 9.90 Å². The summed E-state index contributed by atoms with van der Waals surface area (Å²) in [6.45, 7) is 21.7. The average molecular weight is 1030 g/mol. The smallest absolute Gasteiger partial charge is 0.216 e. The Morgan fingerprint density at radius 3 is 1.61 bits per heavy atom. The molecule has 6 heterocycles. The Hall–Kier alpha value is -6.28. The van der Waals surface area contributed by atoms with E-state index in [1.165, 1.54) is 17.2 Å². The van der Waals surface area contributed by atoms with Crippen LogP contribution in [0.25, 0.3) is 77.8 Å². The van der Waals surface area contributed by atoms with Gasteiger partial charge in [-0.2, -0.15) is 0 Å². The van der Waals surface area contributed by atoms with Crippen LogP contribution in [0.15, 0.2) is 136 Å². The predicted molar refractivity (Wildman–Crippen MR) is 255 cm³/mol. The molecule has 0 amide bonds. The van der Waals surface area contributed by atoms with E-state index in [1.54, 1.807) is 6.20 Å². The van der Waals surface area contributed by atoms with Gasteiger partial charge in [0.25, 0.3) is 0 Å². The van der Waals surface area contributed by atoms with Gasteiger partial charge in [0.1, 0.15) is 5.76 Å². The second-order valence-electron chi connectivity index (χ2n) is 18.8. The Bertz CT molecular complexity index is 3110. The van der Waals surface area contributed by atoms with Crippen LogP contribution >= 0.6 is 0 Å². The number of aryl methyl sites for hydroxylation is 2. The van der Waals surface area contributed by atoms with Gasteiger partial charge in [-0.1, -0.05) is 133 Å². The van der Waals surface area contributed by atoms with Crippen molar-refractivity contribution in [3.05, 3.63) is 156 Å². The van der Waals surface area contributed by atoms with Crippen LogP contribution in [0.3, 0.4) is 0 Å². The number of rotatable bonds is 4. The monoisotopic (exact) mass is 1030 g/mol. The van der Waals surface area contributed by atoms with Gasteiger partial charge < -0.3 is 23.9 Å². The minimum absolute atomic E-state index is 0. The van der Waals surface area contributed by atoms with Crippen molar-refractivity contribution in [3.63, 3.8) is 0 Å². The summed E-state index contributed by atoms with van der Waals surface area (Å²) < 4.78 is 12.1. The van der Waals surface area contributed by atoms with E-state index in [0.29, 0.717) is 11.4 Å². The third-order valence-corrected chi connectivity index (χ3v) is 10.6. The van der Waals surface area contributed by atoms with Crippen LogP contribution < -0.4 is 0 Å². The molecule has 9 rings (SSSR count). The minimum Gasteiger partial charge on any atom is -0.512 e. The van der Waals surface area contributed by atoms with E-state index < -0.39 is 5.41 Å². The number of aliphatic hydroxyl groups excluding tert-OH is 1. The van der Waals surface area contributed by atoms with Gasteiger partial charge in [0.05, 0.1) is 11.2 Å². The molecule has 0 unspecified atom stereocenters. The second kappa shape index (κ2) is 18.8. The number of hydrogen-bond acceptors (Lipinski definition) is 8. The summed E-state index contributed by atoms with van der Waals surface area (Å²) in [5.74, 6) is 0.104. The molecule has 9 aromatic rings. The Morgan fingerprint density at radius 2 is 1.14 bits per heavy atom. The number of allylic oxidation sites excluding steroid dienone is 2. The van der Waals surface area contributed by atoms with Gasteiger partial charge in [-0.05, 0) is 77.7 Å². The fourth-order valence-corrected chi connectivity index (χ4v) is 6.97. The van der Waals surface area contributed by atoms with E-state index in [0.717, 1.165) is 72.2 Å². The standard InChI is InChI=1S/C27H23N2O.C17H11N2O.C11H20O2.Ir/c1-17-12-14-21-20-9-7-10-22(25(20)30-26(21)29-17)24-15-13-18(16-28-24)19-8-5-6-11-23(19)27(2,3)4;1-11-8-9-13-12-5-4-6-14(15-7-2-3-10-18-15)16(12)20-17(13)19-11;1-10(2,3)8(12)7-9(13)11(4,5)6;/h5-9,11-16H,1-4H3;2-5,7-10H,1H3;7,12H,1-6H3;/q2*-1;;/b;;8-7-;. The Labute approximate surface area is 389 Å². The third-order valence-electron chi connectivity index (χ3n) is 10.6. The molecule has 0 spiro atoms. The van der Waals surface area contributed by atoms with E-state index in [4.69, 9.17) is 13.8 Å². The van der Waals surface area contributed by atoms with Crippen molar-refractivity contribution in [2.75, 3.05) is 0 Å². The maximum Gasteiger partial charge on any atom is 0.216 e. The maximum atomic E-state index is 11.5. The molecule has 8 nitrogen and oxygen atoms in total. The summed E-state index contributed by atoms with van der Waals surface area (Å²) in [6.07, 6.45) is 5.05. The molecule has 1 radical (unpaired) electrons. The molecule has 0 saturated carbocycles. The first kappa shape index (κ1) is 47.2. The van der Waals surface area contributed by atoms with E-state index in [1.807, 2.05) is 128 Å². The molecule has 64 heavy (non-hydrogen) atoms. The topological polar surface area (TPSA) is 115 Å². The second-order valence-corrected chi connectivity index (χ2v) is 18.8. The molecule has 0 atom stereocenters. The molecule has 0 aliphatic heterocycles. The number of carbonyl (C=O) groups is 1. The average Bonchev–Trinajstić information content (AvgIpc) is 3.81. The van der Waals surface area contributed by atoms with Crippen LogP contribution in [-0.2, 0) is 30.3 Å². The normalized spacial score (nSPS) is 12.1. The number of hydrogen-bond donors (Lipinski definition) is 1. The molecule has 1 N–H and O–H groups in total. The van der Waals surface area contributed by atoms with Crippen molar-refractivity contribution in [3.8, 4) is 33.6 Å². The van der Waals surface area contributed by atoms with Gasteiger partial charge in [-0.15, -0.1) is 36.4 Å². The predicted octanol–water partition coefficient (Wildman–Crippen LogP) is 14.4. The zero-order valence-electron chi connectivity index (χ0n) is 38.3. The molecule has 0 aliphatic carbocycles. The first-order valence-corrected chi connectivity index (χ1v) is 21.1. The maximum absolute atomic E-state index is 11.5. The molecule has 9 heteroatoms. The molecule has 6 aromatic heterocycles.